The molecule has 1 aliphatic rings. The maximum Gasteiger partial charge on any atom is 0.414 e. The predicted octanol–water partition coefficient (Wildman–Crippen LogP) is 1.79. The third-order valence-corrected chi connectivity index (χ3v) is 4.65. The van der Waals surface area contributed by atoms with Crippen LogP contribution in [0.5, 0.6) is 6.01 Å². The number of hydrogen-bond donors (Lipinski definition) is 3. The second kappa shape index (κ2) is 10.3. The minimum absolute atomic E-state index is 0.0231. The zero-order chi connectivity index (χ0) is 22.2. The molecule has 2 aromatic rings. The van der Waals surface area contributed by atoms with Gasteiger partial charge in [-0.3, -0.25) is 15.5 Å². The summed E-state index contributed by atoms with van der Waals surface area (Å²) in [6.45, 7) is 0.970. The summed E-state index contributed by atoms with van der Waals surface area (Å²) >= 11 is 0. The van der Waals surface area contributed by atoms with Gasteiger partial charge in [0.25, 0.3) is 5.91 Å². The molecule has 0 bridgehead atoms. The second-order valence-electron chi connectivity index (χ2n) is 6.88. The van der Waals surface area contributed by atoms with Gasteiger partial charge in [0, 0.05) is 42.2 Å². The van der Waals surface area contributed by atoms with Gasteiger partial charge >= 0.3 is 12.1 Å². The van der Waals surface area contributed by atoms with Crippen molar-refractivity contribution in [2.45, 2.75) is 25.9 Å². The first-order valence-corrected chi connectivity index (χ1v) is 9.72. The SMILES string of the molecule is N=C(N)NC(=O)OCc1cccc(-c2cnc(OCC(=O)N3CCCCC3)nc2)c1F. The van der Waals surface area contributed by atoms with Crippen LogP contribution in [0.2, 0.25) is 0 Å². The number of nitrogens with one attached hydrogen (secondary N) is 2. The van der Waals surface area contributed by atoms with Crippen molar-refractivity contribution in [2.75, 3.05) is 19.7 Å². The number of halogens is 1. The van der Waals surface area contributed by atoms with Crippen molar-refractivity contribution >= 4 is 18.0 Å². The fourth-order valence-corrected chi connectivity index (χ4v) is 3.09. The number of rotatable bonds is 6. The van der Waals surface area contributed by atoms with Crippen molar-refractivity contribution in [1.29, 1.82) is 5.41 Å². The summed E-state index contributed by atoms with van der Waals surface area (Å²) in [6.07, 6.45) is 4.94. The van der Waals surface area contributed by atoms with Crippen molar-refractivity contribution in [3.05, 3.63) is 42.0 Å². The fraction of sp³-hybridized carbons (Fsp3) is 0.350. The highest BCUT2D eigenvalue weighted by Gasteiger charge is 2.18. The van der Waals surface area contributed by atoms with Crippen LogP contribution in [0.25, 0.3) is 11.1 Å². The van der Waals surface area contributed by atoms with E-state index in [0.29, 0.717) is 5.56 Å². The third-order valence-electron chi connectivity index (χ3n) is 4.65. The highest BCUT2D eigenvalue weighted by molar-refractivity contribution is 5.90. The summed E-state index contributed by atoms with van der Waals surface area (Å²) in [4.78, 5) is 33.4. The van der Waals surface area contributed by atoms with Crippen molar-refractivity contribution in [3.8, 4) is 17.1 Å². The van der Waals surface area contributed by atoms with Crippen LogP contribution in [0.15, 0.2) is 30.6 Å². The summed E-state index contributed by atoms with van der Waals surface area (Å²) in [5, 5.41) is 8.91. The Hall–Kier alpha value is -3.76. The van der Waals surface area contributed by atoms with E-state index in [0.717, 1.165) is 32.4 Å². The van der Waals surface area contributed by atoms with E-state index in [2.05, 4.69) is 9.97 Å². The van der Waals surface area contributed by atoms with Crippen LogP contribution in [0.4, 0.5) is 9.18 Å². The molecule has 1 saturated heterocycles. The van der Waals surface area contributed by atoms with Crippen molar-refractivity contribution in [2.24, 2.45) is 5.73 Å². The molecule has 1 aromatic carbocycles. The topological polar surface area (TPSA) is 144 Å². The van der Waals surface area contributed by atoms with E-state index < -0.39 is 17.9 Å². The molecule has 31 heavy (non-hydrogen) atoms. The molecule has 2 heterocycles. The number of likely N-dealkylation sites (tertiary alicyclic amines) is 1. The second-order valence-corrected chi connectivity index (χ2v) is 6.88. The Labute approximate surface area is 178 Å². The zero-order valence-electron chi connectivity index (χ0n) is 16.8. The fourth-order valence-electron chi connectivity index (χ4n) is 3.09. The smallest absolute Gasteiger partial charge is 0.414 e. The number of hydrogen-bond acceptors (Lipinski definition) is 7. The lowest BCUT2D eigenvalue weighted by Gasteiger charge is -2.26. The van der Waals surface area contributed by atoms with E-state index in [1.807, 2.05) is 5.32 Å². The molecule has 0 saturated carbocycles. The molecule has 2 amide bonds. The first kappa shape index (κ1) is 21.9. The van der Waals surface area contributed by atoms with Crippen molar-refractivity contribution in [3.63, 3.8) is 0 Å². The molecule has 0 atom stereocenters. The van der Waals surface area contributed by atoms with E-state index in [-0.39, 0.29) is 36.3 Å². The number of ether oxygens (including phenoxy) is 2. The number of carbonyl (C=O) groups is 2. The molecule has 10 nitrogen and oxygen atoms in total. The van der Waals surface area contributed by atoms with E-state index >= 15 is 0 Å². The Morgan fingerprint density at radius 2 is 1.90 bits per heavy atom. The number of benzene rings is 1. The maximum atomic E-state index is 14.8. The van der Waals surface area contributed by atoms with Gasteiger partial charge in [-0.05, 0) is 19.3 Å². The standard InChI is InChI=1S/C20H23FN6O4/c21-17-13(11-31-20(29)26-18(22)23)5-4-6-15(17)14-9-24-19(25-10-14)30-12-16(28)27-7-2-1-3-8-27/h4-6,9-10H,1-3,7-8,11-12H2,(H4,22,23,26,29). The number of nitrogens with zero attached hydrogens (tertiary/aromatic N) is 3. The highest BCUT2D eigenvalue weighted by Crippen LogP contribution is 2.25. The predicted molar refractivity (Wildman–Crippen MR) is 109 cm³/mol. The summed E-state index contributed by atoms with van der Waals surface area (Å²) in [7, 11) is 0. The van der Waals surface area contributed by atoms with E-state index in [9.17, 15) is 14.0 Å². The summed E-state index contributed by atoms with van der Waals surface area (Å²) in [6, 6.07) is 4.62. The number of alkyl carbamates (subject to hydrolysis) is 1. The molecule has 1 aliphatic heterocycles. The number of carbonyl (C=O) groups excluding carboxylic acids is 2. The average molecular weight is 430 g/mol. The Bertz CT molecular complexity index is 947. The van der Waals surface area contributed by atoms with E-state index in [1.54, 1.807) is 11.0 Å². The molecule has 11 heteroatoms. The van der Waals surface area contributed by atoms with Crippen LogP contribution in [0.3, 0.4) is 0 Å². The van der Waals surface area contributed by atoms with Gasteiger partial charge < -0.3 is 20.1 Å². The molecule has 1 fully saturated rings. The minimum atomic E-state index is -0.957. The lowest BCUT2D eigenvalue weighted by atomic mass is 10.1. The Morgan fingerprint density at radius 1 is 1.19 bits per heavy atom. The first-order chi connectivity index (χ1) is 14.9. The van der Waals surface area contributed by atoms with Gasteiger partial charge in [0.05, 0.1) is 0 Å². The van der Waals surface area contributed by atoms with Crippen LogP contribution < -0.4 is 15.8 Å². The zero-order valence-corrected chi connectivity index (χ0v) is 16.8. The van der Waals surface area contributed by atoms with E-state index in [1.165, 1.54) is 24.5 Å². The number of amides is 2. The average Bonchev–Trinajstić information content (AvgIpc) is 2.77. The summed E-state index contributed by atoms with van der Waals surface area (Å²) < 4.78 is 25.0. The third kappa shape index (κ3) is 6.11. The number of aromatic nitrogens is 2. The minimum Gasteiger partial charge on any atom is -0.453 e. The molecule has 0 aliphatic carbocycles. The molecular weight excluding hydrogens is 407 g/mol. The Balaban J connectivity index is 1.60. The van der Waals surface area contributed by atoms with Crippen LogP contribution in [0.1, 0.15) is 24.8 Å². The van der Waals surface area contributed by atoms with Crippen LogP contribution in [-0.4, -0.2) is 52.5 Å². The van der Waals surface area contributed by atoms with Crippen LogP contribution in [-0.2, 0) is 16.1 Å². The van der Waals surface area contributed by atoms with Gasteiger partial charge in [-0.2, -0.15) is 0 Å². The number of guanidine groups is 1. The van der Waals surface area contributed by atoms with Gasteiger partial charge in [0.15, 0.2) is 12.6 Å². The molecule has 164 valence electrons. The molecule has 4 N–H and O–H groups in total. The van der Waals surface area contributed by atoms with Gasteiger partial charge in [-0.15, -0.1) is 0 Å². The molecular formula is C20H23FN6O4. The number of piperidine rings is 1. The Kier molecular flexibility index (Phi) is 7.31. The lowest BCUT2D eigenvalue weighted by Crippen LogP contribution is -2.38. The summed E-state index contributed by atoms with van der Waals surface area (Å²) in [5.41, 5.74) is 5.76. The molecule has 1 aromatic heterocycles. The van der Waals surface area contributed by atoms with Crippen molar-refractivity contribution < 1.29 is 23.5 Å². The summed E-state index contributed by atoms with van der Waals surface area (Å²) in [5.74, 6) is -1.29. The van der Waals surface area contributed by atoms with E-state index in [4.69, 9.17) is 20.6 Å². The molecule has 0 unspecified atom stereocenters. The Morgan fingerprint density at radius 3 is 2.58 bits per heavy atom. The van der Waals surface area contributed by atoms with Gasteiger partial charge in [0.2, 0.25) is 0 Å². The van der Waals surface area contributed by atoms with Gasteiger partial charge in [-0.25, -0.2) is 19.2 Å². The molecule has 0 spiro atoms. The van der Waals surface area contributed by atoms with Crippen LogP contribution >= 0.6 is 0 Å². The highest BCUT2D eigenvalue weighted by atomic mass is 19.1. The largest absolute Gasteiger partial charge is 0.453 e. The van der Waals surface area contributed by atoms with Gasteiger partial charge in [-0.1, -0.05) is 18.2 Å². The molecule has 3 rings (SSSR count). The monoisotopic (exact) mass is 430 g/mol. The quantitative estimate of drug-likeness (QED) is 0.468. The molecule has 0 radical (unpaired) electrons. The van der Waals surface area contributed by atoms with Crippen LogP contribution in [0, 0.1) is 11.2 Å². The first-order valence-electron chi connectivity index (χ1n) is 9.72. The van der Waals surface area contributed by atoms with Crippen molar-refractivity contribution in [1.82, 2.24) is 20.2 Å². The lowest BCUT2D eigenvalue weighted by molar-refractivity contribution is -0.134. The normalized spacial score (nSPS) is 13.4. The maximum absolute atomic E-state index is 14.8. The number of nitrogens with two attached hydrogens (primary N) is 1. The van der Waals surface area contributed by atoms with Gasteiger partial charge in [0.1, 0.15) is 12.4 Å².